The molecular weight excluding hydrogens is 416 g/mol. The van der Waals surface area contributed by atoms with Gasteiger partial charge in [-0.2, -0.15) is 4.91 Å². The second-order valence-corrected chi connectivity index (χ2v) is 9.69. The van der Waals surface area contributed by atoms with Crippen molar-refractivity contribution in [1.82, 2.24) is 16.0 Å². The summed E-state index contributed by atoms with van der Waals surface area (Å²) in [5.74, 6) is -0.862. The Kier molecular flexibility index (Phi) is 13.7. The molecule has 0 aromatic rings. The van der Waals surface area contributed by atoms with Gasteiger partial charge in [0, 0.05) is 31.5 Å². The first-order valence-corrected chi connectivity index (χ1v) is 11.3. The van der Waals surface area contributed by atoms with Crippen molar-refractivity contribution < 1.29 is 24.2 Å². The van der Waals surface area contributed by atoms with E-state index >= 15 is 0 Å². The number of nitrogens with one attached hydrogen (secondary N) is 3. The van der Waals surface area contributed by atoms with Gasteiger partial charge < -0.3 is 25.8 Å². The molecule has 2 unspecified atom stereocenters. The van der Waals surface area contributed by atoms with E-state index in [1.807, 2.05) is 13.8 Å². The van der Waals surface area contributed by atoms with Gasteiger partial charge >= 0.3 is 12.1 Å². The summed E-state index contributed by atoms with van der Waals surface area (Å²) < 4.78 is 5.25. The fourth-order valence-corrected chi connectivity index (χ4v) is 2.91. The molecule has 0 radical (unpaired) electrons. The first-order chi connectivity index (χ1) is 14.8. The number of hydrogen-bond donors (Lipinski definition) is 4. The van der Waals surface area contributed by atoms with Gasteiger partial charge in [0.25, 0.3) is 0 Å². The van der Waals surface area contributed by atoms with E-state index in [0.717, 1.165) is 6.42 Å². The summed E-state index contributed by atoms with van der Waals surface area (Å²) in [6.45, 7) is 12.6. The van der Waals surface area contributed by atoms with Crippen molar-refractivity contribution in [1.29, 1.82) is 0 Å². The lowest BCUT2D eigenvalue weighted by atomic mass is 9.94. The lowest BCUT2D eigenvalue weighted by Crippen LogP contribution is -2.48. The van der Waals surface area contributed by atoms with Crippen LogP contribution in [0.1, 0.15) is 80.1 Å². The fourth-order valence-electron chi connectivity index (χ4n) is 2.91. The maximum Gasteiger partial charge on any atom is 0.407 e. The molecule has 0 aliphatic carbocycles. The van der Waals surface area contributed by atoms with E-state index < -0.39 is 23.2 Å². The van der Waals surface area contributed by atoms with Crippen LogP contribution in [0.4, 0.5) is 4.79 Å². The molecule has 0 fully saturated rings. The molecule has 186 valence electrons. The molecule has 0 aromatic heterocycles. The number of carboxylic acids is 1. The molecule has 0 aliphatic heterocycles. The maximum atomic E-state index is 11.9. The standard InChI is InChI=1S/C22H42N4O6/c1-16(26-31)22(5,6)25-15-12-17(11-14-24-20(30)32-21(2,3)4)10-13-23-18(27)8-7-9-19(28)29/h16-17,25H,7-15H2,1-6H3,(H,23,27)(H,24,30)(H,28,29). The summed E-state index contributed by atoms with van der Waals surface area (Å²) in [4.78, 5) is 45.1. The second-order valence-electron chi connectivity index (χ2n) is 9.69. The van der Waals surface area contributed by atoms with Crippen LogP contribution < -0.4 is 16.0 Å². The van der Waals surface area contributed by atoms with Gasteiger partial charge in [0.05, 0.1) is 0 Å². The normalized spacial score (nSPS) is 13.7. The van der Waals surface area contributed by atoms with Crippen molar-refractivity contribution in [3.05, 3.63) is 4.91 Å². The number of rotatable bonds is 16. The molecule has 4 N–H and O–H groups in total. The Morgan fingerprint density at radius 3 is 2.03 bits per heavy atom. The predicted molar refractivity (Wildman–Crippen MR) is 123 cm³/mol. The first kappa shape index (κ1) is 29.8. The lowest BCUT2D eigenvalue weighted by molar-refractivity contribution is -0.137. The number of amides is 2. The molecule has 10 heteroatoms. The van der Waals surface area contributed by atoms with Crippen molar-refractivity contribution in [3.8, 4) is 0 Å². The smallest absolute Gasteiger partial charge is 0.407 e. The Balaban J connectivity index is 4.57. The number of carbonyl (C=O) groups is 3. The highest BCUT2D eigenvalue weighted by molar-refractivity contribution is 5.76. The number of nitroso groups, excluding NO2 is 1. The molecule has 2 atom stereocenters. The highest BCUT2D eigenvalue weighted by atomic mass is 16.6. The predicted octanol–water partition coefficient (Wildman–Crippen LogP) is 3.19. The summed E-state index contributed by atoms with van der Waals surface area (Å²) in [5.41, 5.74) is -0.993. The average molecular weight is 459 g/mol. The monoisotopic (exact) mass is 458 g/mol. The summed E-state index contributed by atoms with van der Waals surface area (Å²) in [5, 5.41) is 20.7. The molecule has 0 saturated carbocycles. The summed E-state index contributed by atoms with van der Waals surface area (Å²) >= 11 is 0. The number of nitrogens with zero attached hydrogens (tertiary/aromatic N) is 1. The first-order valence-electron chi connectivity index (χ1n) is 11.3. The van der Waals surface area contributed by atoms with Gasteiger partial charge in [0.15, 0.2) is 0 Å². The summed E-state index contributed by atoms with van der Waals surface area (Å²) in [6.07, 6.45) is 2.22. The summed E-state index contributed by atoms with van der Waals surface area (Å²) in [6, 6.07) is -0.375. The van der Waals surface area contributed by atoms with Crippen LogP contribution in [-0.4, -0.2) is 59.9 Å². The van der Waals surface area contributed by atoms with E-state index in [9.17, 15) is 19.3 Å². The summed E-state index contributed by atoms with van der Waals surface area (Å²) in [7, 11) is 0. The van der Waals surface area contributed by atoms with Gasteiger partial charge in [-0.25, -0.2) is 4.79 Å². The van der Waals surface area contributed by atoms with E-state index in [1.54, 1.807) is 27.7 Å². The fraction of sp³-hybridized carbons (Fsp3) is 0.864. The zero-order chi connectivity index (χ0) is 24.8. The molecule has 0 spiro atoms. The Morgan fingerprint density at radius 2 is 1.50 bits per heavy atom. The van der Waals surface area contributed by atoms with Gasteiger partial charge in [0.2, 0.25) is 5.91 Å². The third kappa shape index (κ3) is 15.6. The van der Waals surface area contributed by atoms with Crippen LogP contribution >= 0.6 is 0 Å². The van der Waals surface area contributed by atoms with Crippen LogP contribution in [-0.2, 0) is 14.3 Å². The highest BCUT2D eigenvalue weighted by Gasteiger charge is 2.26. The minimum atomic E-state index is -0.912. The van der Waals surface area contributed by atoms with Crippen molar-refractivity contribution in [2.75, 3.05) is 19.6 Å². The zero-order valence-corrected chi connectivity index (χ0v) is 20.5. The van der Waals surface area contributed by atoms with Crippen LogP contribution in [0.5, 0.6) is 0 Å². The van der Waals surface area contributed by atoms with Crippen LogP contribution in [0.3, 0.4) is 0 Å². The number of aliphatic carboxylic acids is 1. The van der Waals surface area contributed by atoms with Crippen molar-refractivity contribution in [2.45, 2.75) is 97.2 Å². The van der Waals surface area contributed by atoms with Crippen molar-refractivity contribution in [2.24, 2.45) is 11.1 Å². The van der Waals surface area contributed by atoms with E-state index in [1.165, 1.54) is 0 Å². The topological polar surface area (TPSA) is 146 Å². The van der Waals surface area contributed by atoms with Gasteiger partial charge in [-0.15, -0.1) is 0 Å². The minimum absolute atomic E-state index is 0.0259. The molecular formula is C22H42N4O6. The largest absolute Gasteiger partial charge is 0.481 e. The molecule has 0 rings (SSSR count). The number of hydrogen-bond acceptors (Lipinski definition) is 7. The van der Waals surface area contributed by atoms with E-state index in [-0.39, 0.29) is 30.7 Å². The van der Waals surface area contributed by atoms with Crippen molar-refractivity contribution >= 4 is 18.0 Å². The van der Waals surface area contributed by atoms with Gasteiger partial charge in [-0.05, 0) is 79.7 Å². The van der Waals surface area contributed by atoms with Crippen LogP contribution in [0.2, 0.25) is 0 Å². The molecule has 10 nitrogen and oxygen atoms in total. The third-order valence-corrected chi connectivity index (χ3v) is 5.23. The average Bonchev–Trinajstić information content (AvgIpc) is 2.65. The Morgan fingerprint density at radius 1 is 0.938 bits per heavy atom. The van der Waals surface area contributed by atoms with Crippen LogP contribution in [0, 0.1) is 10.8 Å². The Labute approximate surface area is 191 Å². The molecule has 0 aliphatic rings. The van der Waals surface area contributed by atoms with Crippen LogP contribution in [0.15, 0.2) is 5.18 Å². The van der Waals surface area contributed by atoms with E-state index in [0.29, 0.717) is 38.9 Å². The second kappa shape index (κ2) is 14.8. The minimum Gasteiger partial charge on any atom is -0.481 e. The Hall–Kier alpha value is -2.23. The maximum absolute atomic E-state index is 11.9. The van der Waals surface area contributed by atoms with Gasteiger partial charge in [-0.1, -0.05) is 5.18 Å². The molecule has 0 bridgehead atoms. The van der Waals surface area contributed by atoms with Gasteiger partial charge in [-0.3, -0.25) is 9.59 Å². The highest BCUT2D eigenvalue weighted by Crippen LogP contribution is 2.16. The zero-order valence-electron chi connectivity index (χ0n) is 20.5. The molecule has 32 heavy (non-hydrogen) atoms. The Bertz CT molecular complexity index is 604. The van der Waals surface area contributed by atoms with Crippen molar-refractivity contribution in [3.63, 3.8) is 0 Å². The molecule has 0 saturated heterocycles. The quantitative estimate of drug-likeness (QED) is 0.260. The third-order valence-electron chi connectivity index (χ3n) is 5.23. The van der Waals surface area contributed by atoms with Gasteiger partial charge in [0.1, 0.15) is 11.6 Å². The number of alkyl carbamates (subject to hydrolysis) is 1. The lowest BCUT2D eigenvalue weighted by Gasteiger charge is -2.29. The SMILES string of the molecule is CC(N=O)C(C)(C)NCCC(CCNC(=O)CCCC(=O)O)CCNC(=O)OC(C)(C)C. The van der Waals surface area contributed by atoms with E-state index in [4.69, 9.17) is 9.84 Å². The molecule has 0 aromatic carbocycles. The molecule has 0 heterocycles. The van der Waals surface area contributed by atoms with Crippen LogP contribution in [0.25, 0.3) is 0 Å². The number of carbonyl (C=O) groups excluding carboxylic acids is 2. The number of ether oxygens (including phenoxy) is 1. The number of carboxylic acid groups (broad SMARTS) is 1. The van der Waals surface area contributed by atoms with E-state index in [2.05, 4.69) is 21.1 Å². The molecule has 2 amide bonds.